The van der Waals surface area contributed by atoms with Crippen LogP contribution in [-0.2, 0) is 13.0 Å². The van der Waals surface area contributed by atoms with Crippen LogP contribution in [0.4, 0.5) is 0 Å². The highest BCUT2D eigenvalue weighted by atomic mass is 35.5. The molecule has 0 unspecified atom stereocenters. The summed E-state index contributed by atoms with van der Waals surface area (Å²) in [6.45, 7) is 1.54. The number of rotatable bonds is 5. The summed E-state index contributed by atoms with van der Waals surface area (Å²) in [4.78, 5) is 4.56. The van der Waals surface area contributed by atoms with Crippen LogP contribution >= 0.6 is 11.6 Å². The van der Waals surface area contributed by atoms with E-state index in [0.717, 1.165) is 29.8 Å². The van der Waals surface area contributed by atoms with Gasteiger partial charge in [-0.25, -0.2) is 4.98 Å². The molecule has 0 aliphatic carbocycles. The second-order valence-corrected chi connectivity index (χ2v) is 4.33. The molecule has 0 bridgehead atoms. The SMILES string of the molecule is CNCCc1nc2cc(Cl)ccc2n1CCO. The molecule has 0 aliphatic rings. The number of halogens is 1. The van der Waals surface area contributed by atoms with Gasteiger partial charge in [0, 0.05) is 24.5 Å². The molecule has 2 N–H and O–H groups in total. The third-order valence-corrected chi connectivity index (χ3v) is 2.95. The van der Waals surface area contributed by atoms with E-state index in [1.807, 2.05) is 29.8 Å². The van der Waals surface area contributed by atoms with Crippen molar-refractivity contribution < 1.29 is 5.11 Å². The Hall–Kier alpha value is -1.10. The van der Waals surface area contributed by atoms with E-state index in [2.05, 4.69) is 10.3 Å². The maximum absolute atomic E-state index is 9.11. The molecule has 1 aromatic carbocycles. The van der Waals surface area contributed by atoms with Crippen molar-refractivity contribution in [3.8, 4) is 0 Å². The zero-order valence-electron chi connectivity index (χ0n) is 9.78. The van der Waals surface area contributed by atoms with Crippen LogP contribution in [0.2, 0.25) is 5.02 Å². The van der Waals surface area contributed by atoms with Gasteiger partial charge in [-0.05, 0) is 25.2 Å². The Labute approximate surface area is 105 Å². The topological polar surface area (TPSA) is 50.1 Å². The van der Waals surface area contributed by atoms with Gasteiger partial charge >= 0.3 is 0 Å². The highest BCUT2D eigenvalue weighted by Gasteiger charge is 2.10. The van der Waals surface area contributed by atoms with Gasteiger partial charge in [0.2, 0.25) is 0 Å². The van der Waals surface area contributed by atoms with Crippen molar-refractivity contribution in [2.24, 2.45) is 0 Å². The van der Waals surface area contributed by atoms with E-state index in [0.29, 0.717) is 11.6 Å². The summed E-state index contributed by atoms with van der Waals surface area (Å²) >= 11 is 5.95. The van der Waals surface area contributed by atoms with Crippen molar-refractivity contribution in [2.45, 2.75) is 13.0 Å². The Morgan fingerprint density at radius 3 is 3.00 bits per heavy atom. The van der Waals surface area contributed by atoms with Crippen molar-refractivity contribution in [1.82, 2.24) is 14.9 Å². The van der Waals surface area contributed by atoms with E-state index >= 15 is 0 Å². The van der Waals surface area contributed by atoms with E-state index in [1.165, 1.54) is 0 Å². The predicted molar refractivity (Wildman–Crippen MR) is 69.5 cm³/mol. The Balaban J connectivity index is 2.45. The fourth-order valence-corrected chi connectivity index (χ4v) is 2.10. The molecule has 92 valence electrons. The molecule has 0 saturated carbocycles. The smallest absolute Gasteiger partial charge is 0.111 e. The summed E-state index contributed by atoms with van der Waals surface area (Å²) in [5.74, 6) is 0.977. The second kappa shape index (κ2) is 5.49. The predicted octanol–water partition coefficient (Wildman–Crippen LogP) is 1.44. The Morgan fingerprint density at radius 2 is 2.29 bits per heavy atom. The van der Waals surface area contributed by atoms with E-state index in [4.69, 9.17) is 16.7 Å². The molecule has 2 aromatic rings. The first kappa shape index (κ1) is 12.4. The molecule has 1 heterocycles. The van der Waals surface area contributed by atoms with Crippen LogP contribution in [0.25, 0.3) is 11.0 Å². The lowest BCUT2D eigenvalue weighted by molar-refractivity contribution is 0.276. The van der Waals surface area contributed by atoms with Gasteiger partial charge in [0.25, 0.3) is 0 Å². The zero-order chi connectivity index (χ0) is 12.3. The van der Waals surface area contributed by atoms with Crippen LogP contribution in [0.3, 0.4) is 0 Å². The fraction of sp³-hybridized carbons (Fsp3) is 0.417. The Morgan fingerprint density at radius 1 is 1.47 bits per heavy atom. The number of hydrogen-bond donors (Lipinski definition) is 2. The van der Waals surface area contributed by atoms with E-state index in [1.54, 1.807) is 0 Å². The van der Waals surface area contributed by atoms with Gasteiger partial charge in [0.15, 0.2) is 0 Å². The number of nitrogens with one attached hydrogen (secondary N) is 1. The molecule has 0 radical (unpaired) electrons. The molecule has 0 fully saturated rings. The number of aliphatic hydroxyl groups excluding tert-OH is 1. The first-order valence-corrected chi connectivity index (χ1v) is 6.04. The zero-order valence-corrected chi connectivity index (χ0v) is 10.5. The number of aromatic nitrogens is 2. The van der Waals surface area contributed by atoms with Gasteiger partial charge in [-0.2, -0.15) is 0 Å². The molecule has 2 rings (SSSR count). The minimum absolute atomic E-state index is 0.112. The Kier molecular flexibility index (Phi) is 3.99. The average Bonchev–Trinajstić information content (AvgIpc) is 2.64. The summed E-state index contributed by atoms with van der Waals surface area (Å²) in [6.07, 6.45) is 0.836. The second-order valence-electron chi connectivity index (χ2n) is 3.89. The quantitative estimate of drug-likeness (QED) is 0.848. The van der Waals surface area contributed by atoms with Crippen molar-refractivity contribution in [3.05, 3.63) is 29.0 Å². The third-order valence-electron chi connectivity index (χ3n) is 2.71. The number of aliphatic hydroxyl groups is 1. The summed E-state index contributed by atoms with van der Waals surface area (Å²) in [5.41, 5.74) is 1.91. The molecule has 1 aromatic heterocycles. The minimum atomic E-state index is 0.112. The minimum Gasteiger partial charge on any atom is -0.395 e. The lowest BCUT2D eigenvalue weighted by Gasteiger charge is -2.06. The highest BCUT2D eigenvalue weighted by molar-refractivity contribution is 6.31. The van der Waals surface area contributed by atoms with E-state index in [9.17, 15) is 0 Å². The van der Waals surface area contributed by atoms with Gasteiger partial charge in [-0.1, -0.05) is 11.6 Å². The molecule has 0 aliphatic heterocycles. The molecular formula is C12H16ClN3O. The number of nitrogens with zero attached hydrogens (tertiary/aromatic N) is 2. The number of imidazole rings is 1. The van der Waals surface area contributed by atoms with Gasteiger partial charge in [0.05, 0.1) is 17.6 Å². The first-order valence-electron chi connectivity index (χ1n) is 5.66. The Bertz CT molecular complexity index is 510. The third kappa shape index (κ3) is 2.60. The van der Waals surface area contributed by atoms with Crippen LogP contribution in [0, 0.1) is 0 Å². The number of likely N-dealkylation sites (N-methyl/N-ethyl adjacent to an activating group) is 1. The summed E-state index contributed by atoms with van der Waals surface area (Å²) in [5, 5.41) is 12.9. The van der Waals surface area contributed by atoms with Crippen molar-refractivity contribution in [2.75, 3.05) is 20.2 Å². The van der Waals surface area contributed by atoms with Crippen LogP contribution < -0.4 is 5.32 Å². The largest absolute Gasteiger partial charge is 0.395 e. The van der Waals surface area contributed by atoms with E-state index < -0.39 is 0 Å². The maximum atomic E-state index is 9.11. The monoisotopic (exact) mass is 253 g/mol. The summed E-state index contributed by atoms with van der Waals surface area (Å²) in [7, 11) is 1.91. The molecule has 0 saturated heterocycles. The molecule has 0 spiro atoms. The van der Waals surface area contributed by atoms with Crippen LogP contribution in [0.15, 0.2) is 18.2 Å². The van der Waals surface area contributed by atoms with Gasteiger partial charge < -0.3 is 15.0 Å². The maximum Gasteiger partial charge on any atom is 0.111 e. The molecular weight excluding hydrogens is 238 g/mol. The molecule has 5 heteroatoms. The van der Waals surface area contributed by atoms with Crippen molar-refractivity contribution >= 4 is 22.6 Å². The first-order chi connectivity index (χ1) is 8.26. The lowest BCUT2D eigenvalue weighted by atomic mass is 10.3. The average molecular weight is 254 g/mol. The van der Waals surface area contributed by atoms with Crippen LogP contribution in [0.1, 0.15) is 5.82 Å². The number of fused-ring (bicyclic) bond motifs is 1. The summed E-state index contributed by atoms with van der Waals surface area (Å²) < 4.78 is 2.04. The van der Waals surface area contributed by atoms with Gasteiger partial charge in [0.1, 0.15) is 5.82 Å². The molecule has 17 heavy (non-hydrogen) atoms. The van der Waals surface area contributed by atoms with Crippen molar-refractivity contribution in [1.29, 1.82) is 0 Å². The van der Waals surface area contributed by atoms with Gasteiger partial charge in [-0.15, -0.1) is 0 Å². The molecule has 0 amide bonds. The summed E-state index contributed by atoms with van der Waals surface area (Å²) in [6, 6.07) is 5.65. The lowest BCUT2D eigenvalue weighted by Crippen LogP contribution is -2.15. The van der Waals surface area contributed by atoms with Crippen molar-refractivity contribution in [3.63, 3.8) is 0 Å². The number of hydrogen-bond acceptors (Lipinski definition) is 3. The number of benzene rings is 1. The van der Waals surface area contributed by atoms with Crippen LogP contribution in [-0.4, -0.2) is 34.9 Å². The van der Waals surface area contributed by atoms with Gasteiger partial charge in [-0.3, -0.25) is 0 Å². The normalized spacial score (nSPS) is 11.2. The molecule has 0 atom stereocenters. The molecule has 4 nitrogen and oxygen atoms in total. The fourth-order valence-electron chi connectivity index (χ4n) is 1.93. The standard InChI is InChI=1S/C12H16ClN3O/c1-14-5-4-12-15-10-8-9(13)2-3-11(10)16(12)6-7-17/h2-3,8,14,17H,4-7H2,1H3. The van der Waals surface area contributed by atoms with Crippen LogP contribution in [0.5, 0.6) is 0 Å². The van der Waals surface area contributed by atoms with E-state index in [-0.39, 0.29) is 6.61 Å². The highest BCUT2D eigenvalue weighted by Crippen LogP contribution is 2.20.